The number of carbonyl (C=O) groups is 2. The number of halogens is 1. The van der Waals surface area contributed by atoms with Gasteiger partial charge in [-0.15, -0.1) is 0 Å². The summed E-state index contributed by atoms with van der Waals surface area (Å²) in [4.78, 5) is 31.0. The monoisotopic (exact) mass is 412 g/mol. The number of carbonyl (C=O) groups excluding carboxylic acids is 2. The van der Waals surface area contributed by atoms with Gasteiger partial charge in [-0.1, -0.05) is 23.5 Å². The molecule has 1 aromatic heterocycles. The van der Waals surface area contributed by atoms with Crippen LogP contribution in [0.2, 0.25) is 0 Å². The lowest BCUT2D eigenvalue weighted by Gasteiger charge is -2.31. The number of benzene rings is 2. The Balaban J connectivity index is 1.23. The number of para-hydroxylation sites is 1. The first-order chi connectivity index (χ1) is 14.1. The van der Waals surface area contributed by atoms with Crippen molar-refractivity contribution in [2.24, 2.45) is 5.92 Å². The number of piperidine rings is 1. The number of thiazole rings is 1. The zero-order chi connectivity index (χ0) is 20.2. The van der Waals surface area contributed by atoms with Crippen LogP contribution < -0.4 is 15.5 Å². The Morgan fingerprint density at radius 3 is 2.52 bits per heavy atom. The van der Waals surface area contributed by atoms with Crippen molar-refractivity contribution in [3.8, 4) is 0 Å². The summed E-state index contributed by atoms with van der Waals surface area (Å²) in [5.74, 6) is -1.50. The lowest BCUT2D eigenvalue weighted by molar-refractivity contribution is -0.136. The summed E-state index contributed by atoms with van der Waals surface area (Å²) in [5.41, 5.74) is 1.41. The molecule has 0 bridgehead atoms. The first-order valence-corrected chi connectivity index (χ1v) is 10.4. The Bertz CT molecular complexity index is 980. The third-order valence-corrected chi connectivity index (χ3v) is 6.12. The van der Waals surface area contributed by atoms with Gasteiger partial charge in [0.25, 0.3) is 0 Å². The quantitative estimate of drug-likeness (QED) is 0.644. The number of rotatable bonds is 4. The minimum Gasteiger partial charge on any atom is -0.348 e. The van der Waals surface area contributed by atoms with Crippen LogP contribution in [-0.2, 0) is 9.59 Å². The smallest absolute Gasteiger partial charge is 0.313 e. The topological polar surface area (TPSA) is 74.3 Å². The Kier molecular flexibility index (Phi) is 5.71. The van der Waals surface area contributed by atoms with Gasteiger partial charge in [-0.3, -0.25) is 9.59 Å². The van der Waals surface area contributed by atoms with Crippen molar-refractivity contribution in [2.45, 2.75) is 12.8 Å². The van der Waals surface area contributed by atoms with E-state index in [1.807, 2.05) is 18.2 Å². The third-order valence-electron chi connectivity index (χ3n) is 5.03. The molecule has 0 unspecified atom stereocenters. The number of anilines is 2. The second kappa shape index (κ2) is 8.57. The van der Waals surface area contributed by atoms with Gasteiger partial charge < -0.3 is 15.5 Å². The number of hydrogen-bond acceptors (Lipinski definition) is 5. The van der Waals surface area contributed by atoms with Crippen LogP contribution in [0.3, 0.4) is 0 Å². The number of amides is 2. The number of nitrogens with zero attached hydrogens (tertiary/aromatic N) is 2. The predicted octanol–water partition coefficient (Wildman–Crippen LogP) is 3.41. The van der Waals surface area contributed by atoms with Crippen LogP contribution in [0.5, 0.6) is 0 Å². The number of fused-ring (bicyclic) bond motifs is 1. The standard InChI is InChI=1S/C21H21FN4O2S/c22-15-5-7-16(8-6-15)24-20(28)19(27)23-13-14-9-11-26(12-10-14)21-25-17-3-1-2-4-18(17)29-21/h1-8,14H,9-13H2,(H,23,27)(H,24,28). The molecule has 29 heavy (non-hydrogen) atoms. The summed E-state index contributed by atoms with van der Waals surface area (Å²) >= 11 is 1.70. The fourth-order valence-electron chi connectivity index (χ4n) is 3.36. The molecule has 1 fully saturated rings. The molecular formula is C21H21FN4O2S. The largest absolute Gasteiger partial charge is 0.348 e. The van der Waals surface area contributed by atoms with E-state index in [1.165, 1.54) is 29.0 Å². The molecule has 1 saturated heterocycles. The van der Waals surface area contributed by atoms with Crippen LogP contribution in [0.25, 0.3) is 10.2 Å². The van der Waals surface area contributed by atoms with Crippen molar-refractivity contribution in [2.75, 3.05) is 29.9 Å². The number of nitrogens with one attached hydrogen (secondary N) is 2. The fourth-order valence-corrected chi connectivity index (χ4v) is 4.38. The van der Waals surface area contributed by atoms with Crippen LogP contribution >= 0.6 is 11.3 Å². The van der Waals surface area contributed by atoms with E-state index in [0.29, 0.717) is 18.2 Å². The van der Waals surface area contributed by atoms with Gasteiger partial charge in [0.2, 0.25) is 0 Å². The lowest BCUT2D eigenvalue weighted by Crippen LogP contribution is -2.41. The van der Waals surface area contributed by atoms with E-state index in [0.717, 1.165) is 36.6 Å². The Hall–Kier alpha value is -3.00. The molecule has 2 aromatic carbocycles. The molecule has 8 heteroatoms. The zero-order valence-electron chi connectivity index (χ0n) is 15.7. The maximum Gasteiger partial charge on any atom is 0.313 e. The molecule has 2 amide bonds. The van der Waals surface area contributed by atoms with Crippen molar-refractivity contribution in [1.82, 2.24) is 10.3 Å². The molecule has 1 aliphatic heterocycles. The second-order valence-electron chi connectivity index (χ2n) is 7.07. The van der Waals surface area contributed by atoms with Crippen LogP contribution in [0.1, 0.15) is 12.8 Å². The van der Waals surface area contributed by atoms with E-state index in [4.69, 9.17) is 4.98 Å². The molecular weight excluding hydrogens is 391 g/mol. The van der Waals surface area contributed by atoms with Crippen LogP contribution in [0.15, 0.2) is 48.5 Å². The Morgan fingerprint density at radius 2 is 1.79 bits per heavy atom. The van der Waals surface area contributed by atoms with Crippen molar-refractivity contribution in [3.63, 3.8) is 0 Å². The molecule has 150 valence electrons. The fraction of sp³-hybridized carbons (Fsp3) is 0.286. The molecule has 2 N–H and O–H groups in total. The molecule has 4 rings (SSSR count). The van der Waals surface area contributed by atoms with Gasteiger partial charge in [0.05, 0.1) is 10.2 Å². The summed E-state index contributed by atoms with van der Waals surface area (Å²) in [5, 5.41) is 6.20. The highest BCUT2D eigenvalue weighted by Crippen LogP contribution is 2.31. The second-order valence-corrected chi connectivity index (χ2v) is 8.07. The van der Waals surface area contributed by atoms with E-state index < -0.39 is 17.6 Å². The van der Waals surface area contributed by atoms with E-state index in [-0.39, 0.29) is 0 Å². The summed E-state index contributed by atoms with van der Waals surface area (Å²) in [6.07, 6.45) is 1.85. The Morgan fingerprint density at radius 1 is 1.07 bits per heavy atom. The molecule has 0 spiro atoms. The SMILES string of the molecule is O=C(NCC1CCN(c2nc3ccccc3s2)CC1)C(=O)Nc1ccc(F)cc1. The van der Waals surface area contributed by atoms with E-state index in [2.05, 4.69) is 21.6 Å². The van der Waals surface area contributed by atoms with Gasteiger partial charge in [-0.2, -0.15) is 0 Å². The summed E-state index contributed by atoms with van der Waals surface area (Å²) < 4.78 is 14.1. The normalized spacial score (nSPS) is 14.7. The highest BCUT2D eigenvalue weighted by atomic mass is 32.1. The molecule has 6 nitrogen and oxygen atoms in total. The van der Waals surface area contributed by atoms with Crippen molar-refractivity contribution in [3.05, 3.63) is 54.3 Å². The van der Waals surface area contributed by atoms with Gasteiger partial charge >= 0.3 is 11.8 Å². The molecule has 3 aromatic rings. The highest BCUT2D eigenvalue weighted by molar-refractivity contribution is 7.22. The highest BCUT2D eigenvalue weighted by Gasteiger charge is 2.23. The molecule has 0 radical (unpaired) electrons. The molecule has 2 heterocycles. The lowest BCUT2D eigenvalue weighted by atomic mass is 9.97. The maximum atomic E-state index is 12.9. The van der Waals surface area contributed by atoms with Crippen LogP contribution in [-0.4, -0.2) is 36.4 Å². The van der Waals surface area contributed by atoms with Gasteiger partial charge in [0.1, 0.15) is 5.82 Å². The Labute approximate surface area is 171 Å². The van der Waals surface area contributed by atoms with E-state index in [1.54, 1.807) is 11.3 Å². The number of hydrogen-bond donors (Lipinski definition) is 2. The molecule has 1 aliphatic rings. The maximum absolute atomic E-state index is 12.9. The van der Waals surface area contributed by atoms with E-state index >= 15 is 0 Å². The van der Waals surface area contributed by atoms with Crippen LogP contribution in [0.4, 0.5) is 15.2 Å². The third kappa shape index (κ3) is 4.71. The van der Waals surface area contributed by atoms with Gasteiger partial charge in [-0.25, -0.2) is 9.37 Å². The average molecular weight is 412 g/mol. The average Bonchev–Trinajstić information content (AvgIpc) is 3.18. The molecule has 0 aliphatic carbocycles. The number of aromatic nitrogens is 1. The first-order valence-electron chi connectivity index (χ1n) is 9.54. The molecule has 0 atom stereocenters. The summed E-state index contributed by atoms with van der Waals surface area (Å²) in [6, 6.07) is 13.4. The van der Waals surface area contributed by atoms with Gasteiger partial charge in [-0.05, 0) is 55.2 Å². The van der Waals surface area contributed by atoms with Gasteiger partial charge in [0.15, 0.2) is 5.13 Å². The van der Waals surface area contributed by atoms with Crippen molar-refractivity contribution in [1.29, 1.82) is 0 Å². The minimum absolute atomic E-state index is 0.322. The summed E-state index contributed by atoms with van der Waals surface area (Å²) in [7, 11) is 0. The summed E-state index contributed by atoms with van der Waals surface area (Å²) in [6.45, 7) is 2.22. The van der Waals surface area contributed by atoms with Crippen molar-refractivity contribution < 1.29 is 14.0 Å². The van der Waals surface area contributed by atoms with Crippen molar-refractivity contribution >= 4 is 44.2 Å². The van der Waals surface area contributed by atoms with Crippen LogP contribution in [0, 0.1) is 11.7 Å². The minimum atomic E-state index is -0.747. The predicted molar refractivity (Wildman–Crippen MR) is 113 cm³/mol. The zero-order valence-corrected chi connectivity index (χ0v) is 16.5. The molecule has 0 saturated carbocycles. The van der Waals surface area contributed by atoms with E-state index in [9.17, 15) is 14.0 Å². The van der Waals surface area contributed by atoms with Gasteiger partial charge in [0, 0.05) is 25.3 Å². The first kappa shape index (κ1) is 19.3.